The lowest BCUT2D eigenvalue weighted by Gasteiger charge is -2.03. The predicted octanol–water partition coefficient (Wildman–Crippen LogP) is 4.07. The minimum atomic E-state index is -0.0502. The van der Waals surface area contributed by atoms with Gasteiger partial charge < -0.3 is 16.0 Å². The van der Waals surface area contributed by atoms with Gasteiger partial charge in [0.1, 0.15) is 17.4 Å². The molecule has 6 nitrogen and oxygen atoms in total. The molecule has 3 rings (SSSR count). The summed E-state index contributed by atoms with van der Waals surface area (Å²) in [5.74, 6) is 0.456. The van der Waals surface area contributed by atoms with Crippen LogP contribution in [0.1, 0.15) is 11.1 Å². The fourth-order valence-electron chi connectivity index (χ4n) is 2.27. The molecular weight excluding hydrogens is 397 g/mol. The van der Waals surface area contributed by atoms with Crippen molar-refractivity contribution in [1.29, 1.82) is 10.8 Å². The standard InChI is InChI=1S/C17H14ClN5O.2ClH/c18-13-5-4-11(17(21)22)7-12(13)14-8-15(24-23-14)9-2-1-3-10(6-9)16(19)20;;/h1-8H,(H3,19,20)(H3,21,22);2*1H. The molecule has 3 aromatic rings. The monoisotopic (exact) mass is 411 g/mol. The Morgan fingerprint density at radius 1 is 0.923 bits per heavy atom. The van der Waals surface area contributed by atoms with Gasteiger partial charge in [-0.05, 0) is 24.3 Å². The fourth-order valence-corrected chi connectivity index (χ4v) is 2.48. The zero-order chi connectivity index (χ0) is 17.3. The maximum Gasteiger partial charge on any atom is 0.167 e. The minimum absolute atomic E-state index is 0. The first-order valence-corrected chi connectivity index (χ1v) is 7.39. The Labute approximate surface area is 167 Å². The molecule has 0 atom stereocenters. The molecule has 0 fully saturated rings. The maximum absolute atomic E-state index is 7.53. The second kappa shape index (κ2) is 8.71. The highest BCUT2D eigenvalue weighted by molar-refractivity contribution is 6.33. The molecule has 0 saturated heterocycles. The number of nitrogen functional groups attached to an aromatic ring is 2. The van der Waals surface area contributed by atoms with Crippen LogP contribution in [0.4, 0.5) is 0 Å². The molecule has 0 radical (unpaired) electrons. The molecule has 1 aromatic heterocycles. The van der Waals surface area contributed by atoms with Crippen molar-refractivity contribution >= 4 is 48.1 Å². The highest BCUT2D eigenvalue weighted by Crippen LogP contribution is 2.31. The number of nitrogens with two attached hydrogens (primary N) is 2. The van der Waals surface area contributed by atoms with E-state index in [1.54, 1.807) is 42.5 Å². The van der Waals surface area contributed by atoms with Gasteiger partial charge in [0.25, 0.3) is 0 Å². The van der Waals surface area contributed by atoms with Crippen molar-refractivity contribution in [2.24, 2.45) is 11.5 Å². The smallest absolute Gasteiger partial charge is 0.167 e. The average molecular weight is 413 g/mol. The van der Waals surface area contributed by atoms with Gasteiger partial charge in [0.2, 0.25) is 0 Å². The summed E-state index contributed by atoms with van der Waals surface area (Å²) in [5, 5.41) is 19.6. The van der Waals surface area contributed by atoms with Crippen LogP contribution >= 0.6 is 36.4 Å². The third kappa shape index (κ3) is 4.35. The van der Waals surface area contributed by atoms with Gasteiger partial charge in [-0.25, -0.2) is 0 Å². The summed E-state index contributed by atoms with van der Waals surface area (Å²) in [6.45, 7) is 0. The number of benzene rings is 2. The molecule has 0 saturated carbocycles. The van der Waals surface area contributed by atoms with E-state index in [1.807, 2.05) is 6.07 Å². The lowest BCUT2D eigenvalue weighted by molar-refractivity contribution is 0.435. The SMILES string of the molecule is Cl.Cl.N=C(N)c1cccc(-c2cc(-c3cc(C(=N)N)ccc3Cl)no2)c1. The van der Waals surface area contributed by atoms with Crippen LogP contribution in [0.25, 0.3) is 22.6 Å². The highest BCUT2D eigenvalue weighted by Gasteiger charge is 2.13. The number of hydrogen-bond acceptors (Lipinski definition) is 4. The molecule has 0 spiro atoms. The molecule has 1 heterocycles. The Balaban J connectivity index is 0.00000169. The fraction of sp³-hybridized carbons (Fsp3) is 0. The molecular formula is C17H16Cl3N5O. The maximum atomic E-state index is 7.53. The second-order valence-corrected chi connectivity index (χ2v) is 5.59. The van der Waals surface area contributed by atoms with E-state index in [2.05, 4.69) is 5.16 Å². The normalized spacial score (nSPS) is 9.73. The van der Waals surface area contributed by atoms with E-state index in [-0.39, 0.29) is 36.5 Å². The van der Waals surface area contributed by atoms with Gasteiger partial charge in [0.05, 0.1) is 5.02 Å². The van der Waals surface area contributed by atoms with Crippen LogP contribution in [-0.4, -0.2) is 16.8 Å². The molecule has 0 amide bonds. The number of aromatic nitrogens is 1. The Hall–Kier alpha value is -2.54. The van der Waals surface area contributed by atoms with Gasteiger partial charge >= 0.3 is 0 Å². The van der Waals surface area contributed by atoms with Crippen LogP contribution in [0.2, 0.25) is 5.02 Å². The molecule has 136 valence electrons. The van der Waals surface area contributed by atoms with Crippen LogP contribution < -0.4 is 11.5 Å². The highest BCUT2D eigenvalue weighted by atomic mass is 35.5. The molecule has 2 aromatic carbocycles. The van der Waals surface area contributed by atoms with Crippen molar-refractivity contribution in [3.63, 3.8) is 0 Å². The van der Waals surface area contributed by atoms with Crippen LogP contribution in [0.5, 0.6) is 0 Å². The predicted molar refractivity (Wildman–Crippen MR) is 109 cm³/mol. The summed E-state index contributed by atoms with van der Waals surface area (Å²) in [4.78, 5) is 0. The van der Waals surface area contributed by atoms with Crippen LogP contribution in [0.3, 0.4) is 0 Å². The van der Waals surface area contributed by atoms with E-state index in [0.29, 0.717) is 33.2 Å². The zero-order valence-corrected chi connectivity index (χ0v) is 15.7. The quantitative estimate of drug-likeness (QED) is 0.380. The van der Waals surface area contributed by atoms with Crippen molar-refractivity contribution in [1.82, 2.24) is 5.16 Å². The molecule has 0 unspecified atom stereocenters. The average Bonchev–Trinajstić information content (AvgIpc) is 3.05. The van der Waals surface area contributed by atoms with Crippen molar-refractivity contribution in [3.05, 3.63) is 64.7 Å². The number of nitrogens with zero attached hydrogens (tertiary/aromatic N) is 1. The molecule has 6 N–H and O–H groups in total. The molecule has 9 heteroatoms. The van der Waals surface area contributed by atoms with Crippen LogP contribution in [0, 0.1) is 10.8 Å². The zero-order valence-electron chi connectivity index (χ0n) is 13.3. The number of halogens is 3. The van der Waals surface area contributed by atoms with Gasteiger partial charge in [-0.3, -0.25) is 10.8 Å². The van der Waals surface area contributed by atoms with Gasteiger partial charge in [-0.15, -0.1) is 24.8 Å². The number of rotatable bonds is 4. The Morgan fingerprint density at radius 2 is 1.58 bits per heavy atom. The van der Waals surface area contributed by atoms with E-state index < -0.39 is 0 Å². The summed E-state index contributed by atoms with van der Waals surface area (Å²) in [6, 6.07) is 13.9. The van der Waals surface area contributed by atoms with Gasteiger partial charge in [0, 0.05) is 28.3 Å². The topological polar surface area (TPSA) is 126 Å². The number of nitrogens with one attached hydrogen (secondary N) is 2. The van der Waals surface area contributed by atoms with Gasteiger partial charge in [-0.1, -0.05) is 35.0 Å². The first kappa shape index (κ1) is 21.5. The van der Waals surface area contributed by atoms with E-state index in [9.17, 15) is 0 Å². The van der Waals surface area contributed by atoms with Crippen molar-refractivity contribution < 1.29 is 4.52 Å². The Bertz CT molecular complexity index is 955. The molecule has 0 aliphatic carbocycles. The molecule has 26 heavy (non-hydrogen) atoms. The van der Waals surface area contributed by atoms with E-state index in [4.69, 9.17) is 38.4 Å². The van der Waals surface area contributed by atoms with E-state index in [1.165, 1.54) is 0 Å². The second-order valence-electron chi connectivity index (χ2n) is 5.18. The largest absolute Gasteiger partial charge is 0.384 e. The molecule has 0 aliphatic heterocycles. The van der Waals surface area contributed by atoms with Crippen molar-refractivity contribution in [2.75, 3.05) is 0 Å². The van der Waals surface area contributed by atoms with Crippen LogP contribution in [0.15, 0.2) is 53.1 Å². The van der Waals surface area contributed by atoms with Gasteiger partial charge in [0.15, 0.2) is 5.76 Å². The summed E-state index contributed by atoms with van der Waals surface area (Å²) in [7, 11) is 0. The summed E-state index contributed by atoms with van der Waals surface area (Å²) in [5.41, 5.74) is 14.1. The lowest BCUT2D eigenvalue weighted by atomic mass is 10.0. The summed E-state index contributed by atoms with van der Waals surface area (Å²) < 4.78 is 5.39. The number of amidine groups is 2. The third-order valence-electron chi connectivity index (χ3n) is 3.52. The first-order valence-electron chi connectivity index (χ1n) is 7.01. The molecule has 0 aliphatic rings. The molecule has 0 bridgehead atoms. The van der Waals surface area contributed by atoms with E-state index in [0.717, 1.165) is 5.56 Å². The third-order valence-corrected chi connectivity index (χ3v) is 3.85. The van der Waals surface area contributed by atoms with Crippen molar-refractivity contribution in [2.45, 2.75) is 0 Å². The summed E-state index contributed by atoms with van der Waals surface area (Å²) in [6.07, 6.45) is 0. The van der Waals surface area contributed by atoms with Crippen LogP contribution in [-0.2, 0) is 0 Å². The first-order chi connectivity index (χ1) is 11.5. The van der Waals surface area contributed by atoms with Gasteiger partial charge in [-0.2, -0.15) is 0 Å². The van der Waals surface area contributed by atoms with Crippen molar-refractivity contribution in [3.8, 4) is 22.6 Å². The minimum Gasteiger partial charge on any atom is -0.384 e. The number of hydrogen-bond donors (Lipinski definition) is 4. The summed E-state index contributed by atoms with van der Waals surface area (Å²) >= 11 is 6.22. The Morgan fingerprint density at radius 3 is 2.23 bits per heavy atom. The lowest BCUT2D eigenvalue weighted by Crippen LogP contribution is -2.10. The Kier molecular flexibility index (Phi) is 7.20. The van der Waals surface area contributed by atoms with E-state index >= 15 is 0 Å².